The second-order valence-electron chi connectivity index (χ2n) is 8.26. The fourth-order valence-electron chi connectivity index (χ4n) is 3.62. The third kappa shape index (κ3) is 12.0. The topological polar surface area (TPSA) is 43.4 Å². The molecule has 0 unspecified atom stereocenters. The average molecular weight is 389 g/mol. The van der Waals surface area contributed by atoms with E-state index in [9.17, 15) is 9.59 Å². The summed E-state index contributed by atoms with van der Waals surface area (Å²) in [5.41, 5.74) is 0. The Labute approximate surface area is 163 Å². The van der Waals surface area contributed by atoms with E-state index < -0.39 is 7.26 Å². The van der Waals surface area contributed by atoms with Crippen molar-refractivity contribution in [3.8, 4) is 0 Å². The van der Waals surface area contributed by atoms with Crippen molar-refractivity contribution in [3.05, 3.63) is 0 Å². The fraction of sp³-hybridized carbons (Fsp3) is 0.909. The molecule has 156 valence electrons. The summed E-state index contributed by atoms with van der Waals surface area (Å²) in [6.45, 7) is 11.2. The van der Waals surface area contributed by atoms with Gasteiger partial charge in [-0.15, -0.1) is 0 Å². The molecule has 0 aliphatic carbocycles. The van der Waals surface area contributed by atoms with Crippen molar-refractivity contribution in [2.75, 3.05) is 31.3 Å². The quantitative estimate of drug-likeness (QED) is 0.172. The van der Waals surface area contributed by atoms with Crippen LogP contribution in [0.3, 0.4) is 0 Å². The van der Waals surface area contributed by atoms with Gasteiger partial charge in [0, 0.05) is 0 Å². The molecule has 0 aromatic rings. The monoisotopic (exact) mass is 388 g/mol. The molecular weight excluding hydrogens is 343 g/mol. The maximum atomic E-state index is 11.8. The average Bonchev–Trinajstić information content (AvgIpc) is 2.63. The van der Waals surface area contributed by atoms with Gasteiger partial charge in [0.2, 0.25) is 0 Å². The number of rotatable bonds is 17. The summed E-state index contributed by atoms with van der Waals surface area (Å²) in [5.74, 6) is -0.0564. The molecule has 3 nitrogen and oxygen atoms in total. The van der Waals surface area contributed by atoms with E-state index in [2.05, 4.69) is 20.8 Å². The van der Waals surface area contributed by atoms with E-state index in [1.54, 1.807) is 0 Å². The van der Waals surface area contributed by atoms with Crippen molar-refractivity contribution in [1.82, 2.24) is 0 Å². The van der Waals surface area contributed by atoms with Crippen molar-refractivity contribution >= 4 is 19.0 Å². The molecule has 0 saturated heterocycles. The van der Waals surface area contributed by atoms with E-state index in [-0.39, 0.29) is 24.1 Å². The van der Waals surface area contributed by atoms with E-state index in [1.807, 2.05) is 13.8 Å². The molecule has 0 rings (SSSR count). The number of Topliss-reactive ketones (excluding diaryl/α,β-unsaturated/α-hetero) is 1. The van der Waals surface area contributed by atoms with Crippen LogP contribution in [0.1, 0.15) is 92.4 Å². The summed E-state index contributed by atoms with van der Waals surface area (Å²) in [4.78, 5) is 23.5. The normalized spacial score (nSPS) is 12.4. The minimum absolute atomic E-state index is 0.00473. The zero-order valence-electron chi connectivity index (χ0n) is 18.2. The molecule has 0 radical (unpaired) electrons. The SMILES string of the molecule is CCCC[PH](CCCC)(CCCC)CCCOC(=O)CCC(=O)C(C)C. The first kappa shape index (κ1) is 25.6. The molecule has 26 heavy (non-hydrogen) atoms. The van der Waals surface area contributed by atoms with Crippen LogP contribution in [-0.2, 0) is 14.3 Å². The van der Waals surface area contributed by atoms with Gasteiger partial charge in [-0.1, -0.05) is 0 Å². The number of esters is 1. The van der Waals surface area contributed by atoms with Crippen LogP contribution in [0.25, 0.3) is 0 Å². The van der Waals surface area contributed by atoms with Crippen LogP contribution in [0.5, 0.6) is 0 Å². The van der Waals surface area contributed by atoms with Gasteiger partial charge in [-0.25, -0.2) is 0 Å². The Morgan fingerprint density at radius 3 is 1.65 bits per heavy atom. The van der Waals surface area contributed by atoms with Gasteiger partial charge in [-0.05, 0) is 0 Å². The molecule has 0 aliphatic heterocycles. The Morgan fingerprint density at radius 2 is 1.23 bits per heavy atom. The van der Waals surface area contributed by atoms with Gasteiger partial charge in [0.25, 0.3) is 0 Å². The van der Waals surface area contributed by atoms with Crippen molar-refractivity contribution in [2.24, 2.45) is 5.92 Å². The van der Waals surface area contributed by atoms with Gasteiger partial charge >= 0.3 is 163 Å². The standard InChI is InChI=1S/C22H45O3P/c1-6-9-16-26(17-10-7-2,18-11-8-3)19-12-15-25-22(24)14-13-21(23)20(4)5/h20,26H,6-19H2,1-5H3. The molecule has 0 fully saturated rings. The second kappa shape index (κ2) is 15.6. The van der Waals surface area contributed by atoms with Crippen LogP contribution in [0.2, 0.25) is 0 Å². The predicted octanol–water partition coefficient (Wildman–Crippen LogP) is 6.08. The molecule has 4 heteroatoms. The number of hydrogen-bond donors (Lipinski definition) is 0. The number of carbonyl (C=O) groups is 2. The number of ketones is 1. The predicted molar refractivity (Wildman–Crippen MR) is 117 cm³/mol. The number of unbranched alkanes of at least 4 members (excludes halogenated alkanes) is 3. The summed E-state index contributed by atoms with van der Waals surface area (Å²) in [6, 6.07) is 0. The Hall–Kier alpha value is -0.430. The van der Waals surface area contributed by atoms with Gasteiger partial charge in [-0.2, -0.15) is 0 Å². The summed E-state index contributed by atoms with van der Waals surface area (Å²) in [5, 5.41) is 0. The van der Waals surface area contributed by atoms with Gasteiger partial charge in [0.05, 0.1) is 0 Å². The minimum atomic E-state index is -1.23. The molecule has 0 N–H and O–H groups in total. The van der Waals surface area contributed by atoms with Crippen molar-refractivity contribution < 1.29 is 14.3 Å². The van der Waals surface area contributed by atoms with E-state index in [0.29, 0.717) is 13.0 Å². The van der Waals surface area contributed by atoms with E-state index in [4.69, 9.17) is 4.74 Å². The summed E-state index contributed by atoms with van der Waals surface area (Å²) >= 11 is 0. The fourth-order valence-corrected chi connectivity index (χ4v) is 9.33. The Balaban J connectivity index is 4.39. The zero-order valence-corrected chi connectivity index (χ0v) is 19.2. The molecule has 0 amide bonds. The van der Waals surface area contributed by atoms with Crippen molar-refractivity contribution in [2.45, 2.75) is 92.4 Å². The first-order valence-corrected chi connectivity index (χ1v) is 13.9. The number of carbonyl (C=O) groups excluding carboxylic acids is 2. The number of hydrogen-bond acceptors (Lipinski definition) is 3. The van der Waals surface area contributed by atoms with Gasteiger partial charge in [0.1, 0.15) is 0 Å². The van der Waals surface area contributed by atoms with E-state index in [0.717, 1.165) is 6.42 Å². The zero-order chi connectivity index (χ0) is 19.8. The third-order valence-corrected chi connectivity index (χ3v) is 11.2. The Morgan fingerprint density at radius 1 is 0.769 bits per heavy atom. The third-order valence-electron chi connectivity index (χ3n) is 5.52. The van der Waals surface area contributed by atoms with E-state index in [1.165, 1.54) is 63.2 Å². The van der Waals surface area contributed by atoms with Crippen molar-refractivity contribution in [3.63, 3.8) is 0 Å². The van der Waals surface area contributed by atoms with Gasteiger partial charge in [0.15, 0.2) is 0 Å². The Kier molecular flexibility index (Phi) is 15.4. The van der Waals surface area contributed by atoms with Crippen LogP contribution in [0, 0.1) is 5.92 Å². The molecule has 0 aromatic carbocycles. The van der Waals surface area contributed by atoms with Crippen LogP contribution in [-0.4, -0.2) is 43.0 Å². The van der Waals surface area contributed by atoms with Gasteiger partial charge < -0.3 is 0 Å². The molecule has 0 heterocycles. The van der Waals surface area contributed by atoms with Crippen LogP contribution in [0.4, 0.5) is 0 Å². The Bertz CT molecular complexity index is 358. The molecule has 0 aliphatic rings. The van der Waals surface area contributed by atoms with Gasteiger partial charge in [-0.3, -0.25) is 0 Å². The summed E-state index contributed by atoms with van der Waals surface area (Å²) in [7, 11) is -1.23. The van der Waals surface area contributed by atoms with Crippen molar-refractivity contribution in [1.29, 1.82) is 0 Å². The maximum absolute atomic E-state index is 11.8. The molecule has 0 aromatic heterocycles. The first-order valence-electron chi connectivity index (χ1n) is 11.1. The first-order chi connectivity index (χ1) is 12.4. The number of ether oxygens (including phenoxy) is 1. The molecule has 0 saturated carbocycles. The van der Waals surface area contributed by atoms with Crippen LogP contribution < -0.4 is 0 Å². The van der Waals surface area contributed by atoms with Crippen LogP contribution >= 0.6 is 7.26 Å². The molecule has 0 bridgehead atoms. The molecule has 0 atom stereocenters. The molecular formula is C22H45O3P. The molecule has 0 spiro atoms. The summed E-state index contributed by atoms with van der Waals surface area (Å²) in [6.07, 6.45) is 15.1. The second-order valence-corrected chi connectivity index (χ2v) is 13.3. The van der Waals surface area contributed by atoms with Crippen LogP contribution in [0.15, 0.2) is 0 Å². The van der Waals surface area contributed by atoms with E-state index >= 15 is 0 Å². The summed E-state index contributed by atoms with van der Waals surface area (Å²) < 4.78 is 5.41.